The highest BCUT2D eigenvalue weighted by Crippen LogP contribution is 2.29. The molecule has 112 valence electrons. The minimum absolute atomic E-state index is 0.0153. The average molecular weight is 287 g/mol. The fourth-order valence-corrected chi connectivity index (χ4v) is 2.71. The Bertz CT molecular complexity index is 513. The van der Waals surface area contributed by atoms with Gasteiger partial charge >= 0.3 is 0 Å². The average Bonchev–Trinajstić information content (AvgIpc) is 2.46. The molecule has 0 saturated heterocycles. The topological polar surface area (TPSA) is 88.1 Å². The summed E-state index contributed by atoms with van der Waals surface area (Å²) in [6, 6.07) is 8.88. The molecule has 1 aromatic carbocycles. The number of nitriles is 1. The van der Waals surface area contributed by atoms with E-state index in [2.05, 4.69) is 5.32 Å². The Balaban J connectivity index is 1.86. The zero-order valence-corrected chi connectivity index (χ0v) is 12.1. The lowest BCUT2D eigenvalue weighted by Gasteiger charge is -2.32. The van der Waals surface area contributed by atoms with Crippen molar-refractivity contribution in [2.45, 2.75) is 44.1 Å². The largest absolute Gasteiger partial charge is 0.479 e. The fraction of sp³-hybridized carbons (Fsp3) is 0.500. The Morgan fingerprint density at radius 2 is 1.95 bits per heavy atom. The van der Waals surface area contributed by atoms with Gasteiger partial charge in [-0.15, -0.1) is 0 Å². The first kappa shape index (κ1) is 15.3. The molecule has 1 aliphatic carbocycles. The zero-order chi connectivity index (χ0) is 15.1. The molecule has 0 radical (unpaired) electrons. The summed E-state index contributed by atoms with van der Waals surface area (Å²) in [6.45, 7) is 0.0153. The lowest BCUT2D eigenvalue weighted by atomic mass is 9.80. The number of carbonyl (C=O) groups is 1. The molecule has 5 nitrogen and oxygen atoms in total. The first-order chi connectivity index (χ1) is 10.1. The highest BCUT2D eigenvalue weighted by Gasteiger charge is 2.29. The molecule has 1 amide bonds. The van der Waals surface area contributed by atoms with Crippen LogP contribution < -0.4 is 15.8 Å². The zero-order valence-electron chi connectivity index (χ0n) is 12.1. The van der Waals surface area contributed by atoms with E-state index in [4.69, 9.17) is 15.7 Å². The number of amides is 1. The standard InChI is InChI=1S/C16H21N3O2/c17-10-11-21-14-6-4-13(5-7-14)19-15(20)12-16(18)8-2-1-3-9-16/h4-7H,1-3,8-9,11-12,18H2,(H,19,20). The molecule has 1 aliphatic rings. The van der Waals surface area contributed by atoms with Crippen molar-refractivity contribution in [2.75, 3.05) is 11.9 Å². The van der Waals surface area contributed by atoms with Crippen LogP contribution in [0, 0.1) is 11.3 Å². The molecule has 1 fully saturated rings. The molecule has 2 rings (SSSR count). The van der Waals surface area contributed by atoms with Crippen molar-refractivity contribution in [1.29, 1.82) is 5.26 Å². The first-order valence-corrected chi connectivity index (χ1v) is 7.30. The van der Waals surface area contributed by atoms with Gasteiger partial charge in [0, 0.05) is 17.6 Å². The molecule has 0 aromatic heterocycles. The molecular weight excluding hydrogens is 266 g/mol. The molecule has 0 aliphatic heterocycles. The van der Waals surface area contributed by atoms with Gasteiger partial charge in [-0.2, -0.15) is 5.26 Å². The van der Waals surface area contributed by atoms with Crippen molar-refractivity contribution in [2.24, 2.45) is 5.73 Å². The molecule has 0 heterocycles. The second kappa shape index (κ2) is 7.09. The van der Waals surface area contributed by atoms with E-state index < -0.39 is 0 Å². The Labute approximate surface area is 125 Å². The smallest absolute Gasteiger partial charge is 0.226 e. The van der Waals surface area contributed by atoms with E-state index in [1.54, 1.807) is 24.3 Å². The number of rotatable bonds is 5. The SMILES string of the molecule is N#CCOc1ccc(NC(=O)CC2(N)CCCCC2)cc1. The van der Waals surface area contributed by atoms with Crippen LogP contribution in [0.2, 0.25) is 0 Å². The predicted octanol–water partition coefficient (Wildman–Crippen LogP) is 2.58. The summed E-state index contributed by atoms with van der Waals surface area (Å²) in [6.07, 6.45) is 5.62. The predicted molar refractivity (Wildman–Crippen MR) is 80.8 cm³/mol. The maximum atomic E-state index is 12.1. The molecule has 1 aromatic rings. The number of nitrogens with one attached hydrogen (secondary N) is 1. The second-order valence-corrected chi connectivity index (χ2v) is 5.62. The van der Waals surface area contributed by atoms with Gasteiger partial charge in [0.2, 0.25) is 5.91 Å². The Morgan fingerprint density at radius 3 is 2.57 bits per heavy atom. The lowest BCUT2D eigenvalue weighted by Crippen LogP contribution is -2.44. The van der Waals surface area contributed by atoms with Crippen LogP contribution in [-0.4, -0.2) is 18.1 Å². The van der Waals surface area contributed by atoms with Crippen LogP contribution in [0.15, 0.2) is 24.3 Å². The first-order valence-electron chi connectivity index (χ1n) is 7.30. The Kier molecular flexibility index (Phi) is 5.18. The summed E-state index contributed by atoms with van der Waals surface area (Å²) in [4.78, 5) is 12.1. The molecule has 5 heteroatoms. The minimum atomic E-state index is -0.349. The van der Waals surface area contributed by atoms with Crippen LogP contribution in [-0.2, 0) is 4.79 Å². The van der Waals surface area contributed by atoms with E-state index in [0.717, 1.165) is 25.7 Å². The molecule has 0 atom stereocenters. The molecule has 0 spiro atoms. The van der Waals surface area contributed by atoms with Crippen molar-refractivity contribution in [3.8, 4) is 11.8 Å². The summed E-state index contributed by atoms with van der Waals surface area (Å²) in [5.41, 5.74) is 6.64. The van der Waals surface area contributed by atoms with Crippen LogP contribution in [0.25, 0.3) is 0 Å². The summed E-state index contributed by atoms with van der Waals surface area (Å²) < 4.78 is 5.16. The van der Waals surface area contributed by atoms with Gasteiger partial charge in [-0.25, -0.2) is 0 Å². The van der Waals surface area contributed by atoms with Crippen LogP contribution in [0.4, 0.5) is 5.69 Å². The van der Waals surface area contributed by atoms with E-state index in [1.807, 2.05) is 6.07 Å². The monoisotopic (exact) mass is 287 g/mol. The minimum Gasteiger partial charge on any atom is -0.479 e. The second-order valence-electron chi connectivity index (χ2n) is 5.62. The van der Waals surface area contributed by atoms with Crippen molar-refractivity contribution < 1.29 is 9.53 Å². The lowest BCUT2D eigenvalue weighted by molar-refractivity contribution is -0.117. The molecule has 0 unspecified atom stereocenters. The number of benzene rings is 1. The van der Waals surface area contributed by atoms with Gasteiger partial charge in [0.1, 0.15) is 11.8 Å². The molecule has 0 bridgehead atoms. The highest BCUT2D eigenvalue weighted by atomic mass is 16.5. The van der Waals surface area contributed by atoms with Gasteiger partial charge in [0.15, 0.2) is 6.61 Å². The third-order valence-corrected chi connectivity index (χ3v) is 3.80. The molecule has 21 heavy (non-hydrogen) atoms. The van der Waals surface area contributed by atoms with E-state index in [-0.39, 0.29) is 18.1 Å². The van der Waals surface area contributed by atoms with Crippen molar-refractivity contribution in [3.63, 3.8) is 0 Å². The van der Waals surface area contributed by atoms with Gasteiger partial charge in [-0.1, -0.05) is 19.3 Å². The van der Waals surface area contributed by atoms with Crippen LogP contribution in [0.3, 0.4) is 0 Å². The number of anilines is 1. The molecular formula is C16H21N3O2. The van der Waals surface area contributed by atoms with Crippen molar-refractivity contribution >= 4 is 11.6 Å². The summed E-state index contributed by atoms with van der Waals surface area (Å²) in [7, 11) is 0. The van der Waals surface area contributed by atoms with Crippen LogP contribution in [0.5, 0.6) is 5.75 Å². The molecule has 3 N–H and O–H groups in total. The third kappa shape index (κ3) is 4.76. The van der Waals surface area contributed by atoms with Gasteiger partial charge in [-0.3, -0.25) is 4.79 Å². The van der Waals surface area contributed by atoms with E-state index in [1.165, 1.54) is 6.42 Å². The van der Waals surface area contributed by atoms with E-state index in [0.29, 0.717) is 17.9 Å². The summed E-state index contributed by atoms with van der Waals surface area (Å²) in [5, 5.41) is 11.3. The maximum Gasteiger partial charge on any atom is 0.226 e. The van der Waals surface area contributed by atoms with Gasteiger partial charge in [0.25, 0.3) is 0 Å². The number of carbonyl (C=O) groups excluding carboxylic acids is 1. The Morgan fingerprint density at radius 1 is 1.29 bits per heavy atom. The van der Waals surface area contributed by atoms with Crippen molar-refractivity contribution in [3.05, 3.63) is 24.3 Å². The van der Waals surface area contributed by atoms with Crippen molar-refractivity contribution in [1.82, 2.24) is 0 Å². The normalized spacial score (nSPS) is 16.8. The summed E-state index contributed by atoms with van der Waals surface area (Å²) >= 11 is 0. The number of ether oxygens (including phenoxy) is 1. The third-order valence-electron chi connectivity index (χ3n) is 3.80. The van der Waals surface area contributed by atoms with Gasteiger partial charge in [0.05, 0.1) is 0 Å². The van der Waals surface area contributed by atoms with Crippen LogP contribution >= 0.6 is 0 Å². The Hall–Kier alpha value is -2.06. The summed E-state index contributed by atoms with van der Waals surface area (Å²) in [5.74, 6) is 0.558. The number of nitrogens with zero attached hydrogens (tertiary/aromatic N) is 1. The fourth-order valence-electron chi connectivity index (χ4n) is 2.71. The number of hydrogen-bond acceptors (Lipinski definition) is 4. The van der Waals surface area contributed by atoms with Gasteiger partial charge in [-0.05, 0) is 37.1 Å². The number of nitrogens with two attached hydrogens (primary N) is 1. The van der Waals surface area contributed by atoms with Crippen LogP contribution in [0.1, 0.15) is 38.5 Å². The maximum absolute atomic E-state index is 12.1. The quantitative estimate of drug-likeness (QED) is 0.871. The highest BCUT2D eigenvalue weighted by molar-refractivity contribution is 5.91. The van der Waals surface area contributed by atoms with E-state index >= 15 is 0 Å². The number of hydrogen-bond donors (Lipinski definition) is 2. The molecule has 1 saturated carbocycles. The van der Waals surface area contributed by atoms with E-state index in [9.17, 15) is 4.79 Å². The van der Waals surface area contributed by atoms with Gasteiger partial charge < -0.3 is 15.8 Å².